The van der Waals surface area contributed by atoms with Gasteiger partial charge >= 0.3 is 0 Å². The minimum Gasteiger partial charge on any atom is -0.354 e. The quantitative estimate of drug-likeness (QED) is 0.164. The number of H-pyrrole nitrogens is 2. The first-order chi connectivity index (χ1) is 27.8. The molecule has 0 unspecified atom stereocenters. The summed E-state index contributed by atoms with van der Waals surface area (Å²) in [5, 5.41) is 0. The summed E-state index contributed by atoms with van der Waals surface area (Å²) < 4.78 is 1.47. The number of hydrogen-bond acceptors (Lipinski definition) is 2. The van der Waals surface area contributed by atoms with E-state index in [0.717, 1.165) is 98.3 Å². The zero-order valence-electron chi connectivity index (χ0n) is 34.6. The van der Waals surface area contributed by atoms with Gasteiger partial charge in [-0.1, -0.05) is 89.4 Å². The van der Waals surface area contributed by atoms with E-state index in [1.54, 1.807) is 0 Å². The smallest absolute Gasteiger partial charge is 0.132 e. The van der Waals surface area contributed by atoms with Crippen molar-refractivity contribution in [3.8, 4) is 44.5 Å². The van der Waals surface area contributed by atoms with Crippen molar-refractivity contribution in [3.63, 3.8) is 0 Å². The zero-order chi connectivity index (χ0) is 40.3. The van der Waals surface area contributed by atoms with E-state index in [0.29, 0.717) is 0 Å². The monoisotopic (exact) mass is 823 g/mol. The molecule has 9 rings (SSSR count). The minimum absolute atomic E-state index is 0. The van der Waals surface area contributed by atoms with Gasteiger partial charge in [-0.25, -0.2) is 9.97 Å². The molecule has 0 spiro atoms. The molecular formula is C56H66N6+2. The molecule has 3 aromatic heterocycles. The second-order valence-electron chi connectivity index (χ2n) is 17.4. The van der Waals surface area contributed by atoms with E-state index < -0.39 is 0 Å². The van der Waals surface area contributed by atoms with Gasteiger partial charge in [0.05, 0.1) is 65.1 Å². The molecule has 2 N–H and O–H groups in total. The fourth-order valence-corrected chi connectivity index (χ4v) is 8.01. The van der Waals surface area contributed by atoms with Gasteiger partial charge in [0.2, 0.25) is 0 Å². The first kappa shape index (κ1) is 46.5. The lowest BCUT2D eigenvalue weighted by molar-refractivity contribution is 0.486. The Bertz CT molecular complexity index is 2730. The van der Waals surface area contributed by atoms with Crippen LogP contribution >= 0.6 is 0 Å². The third-order valence-electron chi connectivity index (χ3n) is 11.3. The fraction of sp³-hybridized carbons (Fsp3) is 0.214. The van der Waals surface area contributed by atoms with E-state index >= 15 is 0 Å². The summed E-state index contributed by atoms with van der Waals surface area (Å²) in [6.07, 6.45) is 8.65. The summed E-state index contributed by atoms with van der Waals surface area (Å²) in [7, 11) is 13.2. The van der Waals surface area contributed by atoms with E-state index in [1.807, 2.05) is 0 Å². The SMILES string of the molecule is C.C.C.C.Cc1ccc(-c2c3nc(c(-c4ccc([N+](C)(C)C)cc4)c4ccc([nH]4)c(-c4ccc([N+](C)(C)C)cc4)c4nc(c(-c5ccc(C)cc5)c5ccc2[nH]5)C=C4)C=C3)cc1. The van der Waals surface area contributed by atoms with Crippen molar-refractivity contribution in [2.75, 3.05) is 42.3 Å². The van der Waals surface area contributed by atoms with Crippen molar-refractivity contribution >= 4 is 57.7 Å². The number of aryl methyl sites for hydroxylation is 2. The van der Waals surface area contributed by atoms with Crippen LogP contribution < -0.4 is 8.97 Å². The highest BCUT2D eigenvalue weighted by atomic mass is 15.3. The number of hydrogen-bond donors (Lipinski definition) is 2. The Kier molecular flexibility index (Phi) is 13.3. The van der Waals surface area contributed by atoms with Crippen molar-refractivity contribution in [1.29, 1.82) is 0 Å². The number of quaternary nitrogens is 2. The van der Waals surface area contributed by atoms with Gasteiger partial charge in [0, 0.05) is 44.3 Å². The number of benzene rings is 4. The molecule has 0 saturated heterocycles. The highest BCUT2D eigenvalue weighted by Gasteiger charge is 2.21. The summed E-state index contributed by atoms with van der Waals surface area (Å²) in [5.41, 5.74) is 21.0. The molecule has 5 heterocycles. The van der Waals surface area contributed by atoms with Crippen molar-refractivity contribution in [3.05, 3.63) is 155 Å². The number of rotatable bonds is 6. The average molecular weight is 823 g/mol. The molecule has 0 fully saturated rings. The molecular weight excluding hydrogens is 757 g/mol. The Morgan fingerprint density at radius 3 is 0.774 bits per heavy atom. The van der Waals surface area contributed by atoms with Crippen molar-refractivity contribution < 1.29 is 0 Å². The van der Waals surface area contributed by atoms with Crippen molar-refractivity contribution in [1.82, 2.24) is 28.9 Å². The summed E-state index contributed by atoms with van der Waals surface area (Å²) in [6, 6.07) is 44.1. The van der Waals surface area contributed by atoms with E-state index in [-0.39, 0.29) is 29.7 Å². The third kappa shape index (κ3) is 8.76. The van der Waals surface area contributed by atoms with Gasteiger partial charge < -0.3 is 9.97 Å². The van der Waals surface area contributed by atoms with Crippen molar-refractivity contribution in [2.45, 2.75) is 43.6 Å². The molecule has 6 nitrogen and oxygen atoms in total. The molecule has 0 radical (unpaired) electrons. The van der Waals surface area contributed by atoms with Crippen LogP contribution in [0.4, 0.5) is 11.4 Å². The molecule has 0 aliphatic carbocycles. The molecule has 8 bridgehead atoms. The van der Waals surface area contributed by atoms with Crippen molar-refractivity contribution in [2.24, 2.45) is 0 Å². The van der Waals surface area contributed by atoms with Gasteiger partial charge in [0.15, 0.2) is 0 Å². The average Bonchev–Trinajstić information content (AvgIpc) is 4.04. The molecule has 2 aliphatic rings. The summed E-state index contributed by atoms with van der Waals surface area (Å²) in [5.74, 6) is 0. The van der Waals surface area contributed by atoms with Crippen LogP contribution in [-0.2, 0) is 0 Å². The number of fused-ring (bicyclic) bond motifs is 8. The molecule has 0 amide bonds. The number of aromatic nitrogens is 4. The Morgan fingerprint density at radius 2 is 0.548 bits per heavy atom. The van der Waals surface area contributed by atoms with Crippen LogP contribution in [0.2, 0.25) is 0 Å². The second-order valence-corrected chi connectivity index (χ2v) is 17.4. The lowest BCUT2D eigenvalue weighted by Gasteiger charge is -2.23. The Hall–Kier alpha value is -6.60. The molecule has 4 aromatic carbocycles. The minimum atomic E-state index is 0. The maximum absolute atomic E-state index is 5.48. The molecule has 318 valence electrons. The number of nitrogens with zero attached hydrogens (tertiary/aromatic N) is 4. The third-order valence-corrected chi connectivity index (χ3v) is 11.3. The molecule has 6 heteroatoms. The van der Waals surface area contributed by atoms with Gasteiger partial charge in [-0.3, -0.25) is 8.97 Å². The predicted octanol–water partition coefficient (Wildman–Crippen LogP) is 14.9. The second kappa shape index (κ2) is 17.8. The largest absolute Gasteiger partial charge is 0.354 e. The maximum atomic E-state index is 5.48. The summed E-state index contributed by atoms with van der Waals surface area (Å²) >= 11 is 0. The standard InChI is InChI=1S/C52H50N6.4CH4/c1-33-9-13-35(14-10-33)49-41-25-26-42(53-41)50(36-15-11-34(2)12-16-36)44-28-30-46(55-44)52(38-19-23-40(24-20-38)58(6,7)8)48-32-31-47(56-48)51(45-29-27-43(49)54-45)37-17-21-39(22-18-37)57(3,4)5;;;;/h9-32,53,56H,1-8H3;4*1H4/q+2;;;;. The first-order valence-electron chi connectivity index (χ1n) is 20.0. The van der Waals surface area contributed by atoms with Crippen LogP contribution in [0.1, 0.15) is 63.6 Å². The van der Waals surface area contributed by atoms with Crippen LogP contribution in [0, 0.1) is 13.8 Å². The summed E-state index contributed by atoms with van der Waals surface area (Å²) in [4.78, 5) is 18.7. The molecule has 62 heavy (non-hydrogen) atoms. The van der Waals surface area contributed by atoms with Gasteiger partial charge in [0.25, 0.3) is 0 Å². The Morgan fingerprint density at radius 1 is 0.323 bits per heavy atom. The zero-order valence-corrected chi connectivity index (χ0v) is 34.6. The van der Waals surface area contributed by atoms with E-state index in [1.165, 1.54) is 22.5 Å². The van der Waals surface area contributed by atoms with E-state index in [4.69, 9.17) is 9.97 Å². The van der Waals surface area contributed by atoms with Crippen LogP contribution in [0.15, 0.2) is 121 Å². The predicted molar refractivity (Wildman–Crippen MR) is 276 cm³/mol. The van der Waals surface area contributed by atoms with Gasteiger partial charge in [-0.2, -0.15) is 0 Å². The number of aromatic amines is 2. The lowest BCUT2D eigenvalue weighted by atomic mass is 10.0. The van der Waals surface area contributed by atoms with Gasteiger partial charge in [-0.15, -0.1) is 0 Å². The van der Waals surface area contributed by atoms with Crippen LogP contribution in [-0.4, -0.2) is 62.2 Å². The lowest BCUT2D eigenvalue weighted by Crippen LogP contribution is -2.34. The van der Waals surface area contributed by atoms with E-state index in [9.17, 15) is 0 Å². The molecule has 2 aliphatic heterocycles. The highest BCUT2D eigenvalue weighted by Crippen LogP contribution is 2.39. The molecule has 7 aromatic rings. The van der Waals surface area contributed by atoms with Crippen LogP contribution in [0.25, 0.3) is 90.9 Å². The maximum Gasteiger partial charge on any atom is 0.132 e. The first-order valence-corrected chi connectivity index (χ1v) is 20.0. The topological polar surface area (TPSA) is 57.4 Å². The normalized spacial score (nSPS) is 11.9. The van der Waals surface area contributed by atoms with Gasteiger partial charge in [-0.05, 0) is 133 Å². The van der Waals surface area contributed by atoms with Crippen LogP contribution in [0.5, 0.6) is 0 Å². The highest BCUT2D eigenvalue weighted by molar-refractivity contribution is 6.00. The summed E-state index contributed by atoms with van der Waals surface area (Å²) in [6.45, 7) is 4.25. The van der Waals surface area contributed by atoms with E-state index in [2.05, 4.69) is 212 Å². The number of nitrogens with one attached hydrogen (secondary N) is 2. The molecule has 0 saturated carbocycles. The Labute approximate surface area is 370 Å². The Balaban J connectivity index is 0.00000181. The molecule has 0 atom stereocenters. The van der Waals surface area contributed by atoms with Gasteiger partial charge in [0.1, 0.15) is 11.4 Å². The van der Waals surface area contributed by atoms with Crippen LogP contribution in [0.3, 0.4) is 0 Å². The fourth-order valence-electron chi connectivity index (χ4n) is 8.01.